The van der Waals surface area contributed by atoms with Crippen LogP contribution in [0.5, 0.6) is 0 Å². The van der Waals surface area contributed by atoms with E-state index in [1.165, 1.54) is 244 Å². The van der Waals surface area contributed by atoms with E-state index in [0.29, 0.717) is 12.8 Å². The summed E-state index contributed by atoms with van der Waals surface area (Å²) < 4.78 is 11.3. The molecule has 1 rings (SSSR count). The minimum absolute atomic E-state index is 0.137. The van der Waals surface area contributed by atoms with E-state index >= 15 is 0 Å². The normalized spacial score (nSPS) is 19.2. The van der Waals surface area contributed by atoms with Gasteiger partial charge in [0, 0.05) is 6.42 Å². The van der Waals surface area contributed by atoms with Crippen LogP contribution in [0.15, 0.2) is 12.2 Å². The summed E-state index contributed by atoms with van der Waals surface area (Å²) in [6, 6.07) is -0.721. The predicted molar refractivity (Wildman–Crippen MR) is 300 cm³/mol. The summed E-state index contributed by atoms with van der Waals surface area (Å²) in [6.07, 6.45) is 58.4. The van der Waals surface area contributed by atoms with Gasteiger partial charge in [0.15, 0.2) is 6.29 Å². The Kier molecular flexibility index (Phi) is 50.1. The Balaban J connectivity index is 2.09. The fraction of sp³-hybridized carbons (Fsp3) is 0.952. The van der Waals surface area contributed by atoms with Gasteiger partial charge >= 0.3 is 0 Å². The molecule has 7 atom stereocenters. The number of aliphatic hydroxyl groups is 5. The quantitative estimate of drug-likeness (QED) is 0.0261. The molecule has 422 valence electrons. The summed E-state index contributed by atoms with van der Waals surface area (Å²) >= 11 is 0. The van der Waals surface area contributed by atoms with Crippen LogP contribution in [0.3, 0.4) is 0 Å². The first-order chi connectivity index (χ1) is 34.8. The molecule has 0 spiro atoms. The lowest BCUT2D eigenvalue weighted by molar-refractivity contribution is -0.302. The van der Waals surface area contributed by atoms with E-state index in [4.69, 9.17) is 9.47 Å². The number of ether oxygens (including phenoxy) is 2. The molecule has 0 aliphatic carbocycles. The van der Waals surface area contributed by atoms with Crippen molar-refractivity contribution in [1.29, 1.82) is 0 Å². The van der Waals surface area contributed by atoms with Crippen molar-refractivity contribution in [3.8, 4) is 0 Å². The minimum atomic E-state index is -1.55. The second kappa shape index (κ2) is 52.4. The molecule has 9 nitrogen and oxygen atoms in total. The summed E-state index contributed by atoms with van der Waals surface area (Å²) in [6.45, 7) is 3.87. The molecular weight excluding hydrogens is 887 g/mol. The van der Waals surface area contributed by atoms with E-state index in [-0.39, 0.29) is 12.5 Å². The van der Waals surface area contributed by atoms with Crippen molar-refractivity contribution in [3.63, 3.8) is 0 Å². The molecule has 1 aliphatic rings. The molecule has 1 fully saturated rings. The topological polar surface area (TPSA) is 149 Å². The zero-order valence-electron chi connectivity index (χ0n) is 47.0. The summed E-state index contributed by atoms with van der Waals surface area (Å²) in [5, 5.41) is 54.7. The first-order valence-electron chi connectivity index (χ1n) is 31.4. The first kappa shape index (κ1) is 67.9. The number of nitrogens with one attached hydrogen (secondary N) is 1. The maximum atomic E-state index is 13.0. The van der Waals surface area contributed by atoms with Crippen molar-refractivity contribution in [2.45, 2.75) is 365 Å². The highest BCUT2D eigenvalue weighted by Crippen LogP contribution is 2.24. The molecule has 1 amide bonds. The zero-order valence-corrected chi connectivity index (χ0v) is 47.0. The smallest absolute Gasteiger partial charge is 0.220 e. The van der Waals surface area contributed by atoms with Gasteiger partial charge in [0.2, 0.25) is 5.91 Å². The molecule has 0 saturated carbocycles. The number of rotatable bonds is 55. The van der Waals surface area contributed by atoms with Crippen LogP contribution in [0.25, 0.3) is 0 Å². The van der Waals surface area contributed by atoms with E-state index in [2.05, 4.69) is 31.3 Å². The molecule has 0 aromatic heterocycles. The van der Waals surface area contributed by atoms with Crippen LogP contribution < -0.4 is 5.32 Å². The summed E-state index contributed by atoms with van der Waals surface area (Å²) in [4.78, 5) is 13.0. The third-order valence-corrected chi connectivity index (χ3v) is 15.4. The van der Waals surface area contributed by atoms with Crippen molar-refractivity contribution in [2.75, 3.05) is 13.2 Å². The molecule has 0 aromatic rings. The molecule has 1 aliphatic heterocycles. The maximum Gasteiger partial charge on any atom is 0.220 e. The van der Waals surface area contributed by atoms with Gasteiger partial charge in [-0.3, -0.25) is 4.79 Å². The van der Waals surface area contributed by atoms with Crippen molar-refractivity contribution < 1.29 is 39.8 Å². The molecule has 0 radical (unpaired) electrons. The SMILES string of the molecule is CCCCCCCC/C=C\CCCCCCCC(=O)NC(COC1OC(CO)C(O)C(O)C1O)C(O)CCCCCCCCCCCCCCCCCCCCCCCCCCCCCCCCCCC. The Bertz CT molecular complexity index is 1120. The van der Waals surface area contributed by atoms with Gasteiger partial charge < -0.3 is 40.3 Å². The van der Waals surface area contributed by atoms with Gasteiger partial charge in [-0.25, -0.2) is 0 Å². The Hall–Kier alpha value is -1.07. The molecule has 7 unspecified atom stereocenters. The molecular formula is C62H121NO8. The largest absolute Gasteiger partial charge is 0.394 e. The van der Waals surface area contributed by atoms with E-state index in [9.17, 15) is 30.3 Å². The lowest BCUT2D eigenvalue weighted by atomic mass is 9.99. The Labute approximate surface area is 439 Å². The fourth-order valence-corrected chi connectivity index (χ4v) is 10.4. The van der Waals surface area contributed by atoms with Crippen molar-refractivity contribution >= 4 is 5.91 Å². The number of allylic oxidation sites excluding steroid dienone is 2. The molecule has 0 aromatic carbocycles. The van der Waals surface area contributed by atoms with Crippen LogP contribution >= 0.6 is 0 Å². The Morgan fingerprint density at radius 2 is 0.789 bits per heavy atom. The Morgan fingerprint density at radius 3 is 1.14 bits per heavy atom. The van der Waals surface area contributed by atoms with E-state index in [1.54, 1.807) is 0 Å². The van der Waals surface area contributed by atoms with Crippen molar-refractivity contribution in [1.82, 2.24) is 5.32 Å². The van der Waals surface area contributed by atoms with Gasteiger partial charge in [-0.15, -0.1) is 0 Å². The van der Waals surface area contributed by atoms with Crippen LogP contribution in [0, 0.1) is 0 Å². The number of amides is 1. The number of hydrogen-bond donors (Lipinski definition) is 6. The average molecular weight is 1010 g/mol. The van der Waals surface area contributed by atoms with Gasteiger partial charge in [-0.2, -0.15) is 0 Å². The number of hydrogen-bond acceptors (Lipinski definition) is 8. The zero-order chi connectivity index (χ0) is 51.5. The highest BCUT2D eigenvalue weighted by atomic mass is 16.7. The van der Waals surface area contributed by atoms with Gasteiger partial charge in [-0.05, 0) is 38.5 Å². The molecule has 1 heterocycles. The average Bonchev–Trinajstić information content (AvgIpc) is 3.37. The van der Waals surface area contributed by atoms with Crippen LogP contribution in [-0.4, -0.2) is 87.5 Å². The van der Waals surface area contributed by atoms with Crippen LogP contribution in [0.1, 0.15) is 322 Å². The molecule has 0 bridgehead atoms. The lowest BCUT2D eigenvalue weighted by Crippen LogP contribution is -2.60. The van der Waals surface area contributed by atoms with Gasteiger partial charge in [0.1, 0.15) is 24.4 Å². The number of carbonyl (C=O) groups is 1. The first-order valence-corrected chi connectivity index (χ1v) is 31.4. The van der Waals surface area contributed by atoms with Gasteiger partial charge in [-0.1, -0.05) is 289 Å². The predicted octanol–water partition coefficient (Wildman–Crippen LogP) is 16.0. The molecule has 6 N–H and O–H groups in total. The second-order valence-corrected chi connectivity index (χ2v) is 22.2. The highest BCUT2D eigenvalue weighted by Gasteiger charge is 2.44. The summed E-state index contributed by atoms with van der Waals surface area (Å²) in [5.41, 5.74) is 0. The van der Waals surface area contributed by atoms with Crippen LogP contribution in [-0.2, 0) is 14.3 Å². The van der Waals surface area contributed by atoms with E-state index < -0.39 is 49.5 Å². The maximum absolute atomic E-state index is 13.0. The number of unbranched alkanes of at least 4 members (excludes halogenated alkanes) is 43. The monoisotopic (exact) mass is 1010 g/mol. The summed E-state index contributed by atoms with van der Waals surface area (Å²) in [5.74, 6) is -0.148. The molecule has 1 saturated heterocycles. The lowest BCUT2D eigenvalue weighted by Gasteiger charge is -2.40. The highest BCUT2D eigenvalue weighted by molar-refractivity contribution is 5.76. The summed E-state index contributed by atoms with van der Waals surface area (Å²) in [7, 11) is 0. The van der Waals surface area contributed by atoms with E-state index in [1.807, 2.05) is 0 Å². The van der Waals surface area contributed by atoms with E-state index in [0.717, 1.165) is 51.4 Å². The Morgan fingerprint density at radius 1 is 0.465 bits per heavy atom. The number of aliphatic hydroxyl groups excluding tert-OH is 5. The molecule has 71 heavy (non-hydrogen) atoms. The van der Waals surface area contributed by atoms with Crippen molar-refractivity contribution in [2.24, 2.45) is 0 Å². The standard InChI is InChI=1S/C62H121NO8/c1-3-5-7-9-11-13-15-17-19-20-21-22-23-24-25-26-27-28-29-30-31-32-33-34-35-36-38-39-41-43-45-47-49-51-56(65)55(54-70-62-61(69)60(68)59(67)57(53-64)71-62)63-58(66)52-50-48-46-44-42-40-37-18-16-14-12-10-8-6-4-2/h18,37,55-57,59-62,64-65,67-69H,3-17,19-36,38-54H2,1-2H3,(H,63,66)/b37-18-. The third-order valence-electron chi connectivity index (χ3n) is 15.4. The molecule has 9 heteroatoms. The van der Waals surface area contributed by atoms with Gasteiger partial charge in [0.05, 0.1) is 25.4 Å². The van der Waals surface area contributed by atoms with Crippen LogP contribution in [0.4, 0.5) is 0 Å². The van der Waals surface area contributed by atoms with Crippen LogP contribution in [0.2, 0.25) is 0 Å². The minimum Gasteiger partial charge on any atom is -0.394 e. The third kappa shape index (κ3) is 41.8. The second-order valence-electron chi connectivity index (χ2n) is 22.2. The number of carbonyl (C=O) groups excluding carboxylic acids is 1. The fourth-order valence-electron chi connectivity index (χ4n) is 10.4. The van der Waals surface area contributed by atoms with Crippen molar-refractivity contribution in [3.05, 3.63) is 12.2 Å². The van der Waals surface area contributed by atoms with Gasteiger partial charge in [0.25, 0.3) is 0 Å².